The van der Waals surface area contributed by atoms with Crippen molar-refractivity contribution in [2.24, 2.45) is 0 Å². The van der Waals surface area contributed by atoms with Crippen LogP contribution in [0.4, 0.5) is 23.1 Å². The lowest BCUT2D eigenvalue weighted by atomic mass is 10.2. The molecule has 0 fully saturated rings. The Hall–Kier alpha value is -2.79. The molecule has 0 aliphatic carbocycles. The molecule has 0 atom stereocenters. The number of nitrogens with zero attached hydrogens (tertiary/aromatic N) is 3. The van der Waals surface area contributed by atoms with Crippen LogP contribution in [0.2, 0.25) is 5.02 Å². The molecule has 0 aliphatic rings. The van der Waals surface area contributed by atoms with Gasteiger partial charge in [-0.25, -0.2) is 4.98 Å². The zero-order valence-corrected chi connectivity index (χ0v) is 16.4. The first-order valence-electron chi connectivity index (χ1n) is 9.12. The van der Waals surface area contributed by atoms with E-state index in [1.165, 1.54) is 5.69 Å². The Kier molecular flexibility index (Phi) is 6.49. The highest BCUT2D eigenvalue weighted by Crippen LogP contribution is 2.21. The van der Waals surface area contributed by atoms with Crippen LogP contribution < -0.4 is 15.5 Å². The van der Waals surface area contributed by atoms with Crippen molar-refractivity contribution >= 4 is 34.7 Å². The van der Waals surface area contributed by atoms with Gasteiger partial charge in [0.15, 0.2) is 0 Å². The van der Waals surface area contributed by atoms with E-state index in [1.807, 2.05) is 42.5 Å². The average molecular weight is 382 g/mol. The normalized spacial score (nSPS) is 10.5. The molecule has 3 aromatic rings. The van der Waals surface area contributed by atoms with Gasteiger partial charge in [0.1, 0.15) is 5.82 Å². The highest BCUT2D eigenvalue weighted by atomic mass is 35.5. The maximum absolute atomic E-state index is 6.20. The van der Waals surface area contributed by atoms with Gasteiger partial charge in [0.2, 0.25) is 5.95 Å². The molecule has 1 aromatic heterocycles. The van der Waals surface area contributed by atoms with E-state index in [0.29, 0.717) is 12.5 Å². The summed E-state index contributed by atoms with van der Waals surface area (Å²) in [5.74, 6) is 1.29. The maximum Gasteiger partial charge on any atom is 0.229 e. The van der Waals surface area contributed by atoms with Crippen molar-refractivity contribution in [2.45, 2.75) is 20.4 Å². The van der Waals surface area contributed by atoms with Crippen molar-refractivity contribution in [3.8, 4) is 0 Å². The van der Waals surface area contributed by atoms with E-state index in [-0.39, 0.29) is 0 Å². The van der Waals surface area contributed by atoms with Crippen LogP contribution in [-0.4, -0.2) is 23.1 Å². The number of anilines is 4. The van der Waals surface area contributed by atoms with E-state index < -0.39 is 0 Å². The molecule has 2 aromatic carbocycles. The lowest BCUT2D eigenvalue weighted by molar-refractivity contribution is 0.866. The highest BCUT2D eigenvalue weighted by molar-refractivity contribution is 6.31. The summed E-state index contributed by atoms with van der Waals surface area (Å²) in [7, 11) is 0. The topological polar surface area (TPSA) is 53.1 Å². The Balaban J connectivity index is 1.64. The summed E-state index contributed by atoms with van der Waals surface area (Å²) >= 11 is 6.20. The molecule has 27 heavy (non-hydrogen) atoms. The fourth-order valence-electron chi connectivity index (χ4n) is 2.82. The van der Waals surface area contributed by atoms with E-state index in [4.69, 9.17) is 11.6 Å². The maximum atomic E-state index is 6.20. The van der Waals surface area contributed by atoms with Gasteiger partial charge >= 0.3 is 0 Å². The summed E-state index contributed by atoms with van der Waals surface area (Å²) in [4.78, 5) is 11.1. The van der Waals surface area contributed by atoms with E-state index in [0.717, 1.165) is 35.2 Å². The minimum Gasteiger partial charge on any atom is -0.372 e. The van der Waals surface area contributed by atoms with Crippen LogP contribution in [0.5, 0.6) is 0 Å². The number of hydrogen-bond donors (Lipinski definition) is 2. The van der Waals surface area contributed by atoms with E-state index >= 15 is 0 Å². The predicted molar refractivity (Wildman–Crippen MR) is 114 cm³/mol. The largest absolute Gasteiger partial charge is 0.372 e. The summed E-state index contributed by atoms with van der Waals surface area (Å²) in [5.41, 5.74) is 3.19. The molecular weight excluding hydrogens is 358 g/mol. The molecule has 5 nitrogen and oxygen atoms in total. The van der Waals surface area contributed by atoms with Crippen LogP contribution in [0.25, 0.3) is 0 Å². The van der Waals surface area contributed by atoms with Gasteiger partial charge in [0.05, 0.1) is 0 Å². The second-order valence-electron chi connectivity index (χ2n) is 6.05. The van der Waals surface area contributed by atoms with Gasteiger partial charge in [0, 0.05) is 42.2 Å². The minimum atomic E-state index is 0.551. The minimum absolute atomic E-state index is 0.551. The Morgan fingerprint density at radius 2 is 1.70 bits per heavy atom. The first-order valence-corrected chi connectivity index (χ1v) is 9.49. The van der Waals surface area contributed by atoms with Crippen molar-refractivity contribution in [3.63, 3.8) is 0 Å². The molecular formula is C21H24ClN5. The van der Waals surface area contributed by atoms with Crippen LogP contribution in [-0.2, 0) is 6.54 Å². The summed E-state index contributed by atoms with van der Waals surface area (Å²) in [6, 6.07) is 17.9. The SMILES string of the molecule is CCN(CC)c1ccc(Nc2nccc(NCc3ccccc3Cl)n2)cc1. The van der Waals surface area contributed by atoms with Gasteiger partial charge in [-0.3, -0.25) is 0 Å². The molecule has 0 amide bonds. The van der Waals surface area contributed by atoms with Gasteiger partial charge in [-0.05, 0) is 55.8 Å². The predicted octanol–water partition coefficient (Wildman–Crippen LogP) is 5.33. The van der Waals surface area contributed by atoms with Crippen LogP contribution >= 0.6 is 11.6 Å². The van der Waals surface area contributed by atoms with Crippen molar-refractivity contribution in [2.75, 3.05) is 28.6 Å². The van der Waals surface area contributed by atoms with E-state index in [2.05, 4.69) is 51.5 Å². The number of rotatable bonds is 8. The number of hydrogen-bond acceptors (Lipinski definition) is 5. The fourth-order valence-corrected chi connectivity index (χ4v) is 3.02. The monoisotopic (exact) mass is 381 g/mol. The Morgan fingerprint density at radius 1 is 0.963 bits per heavy atom. The summed E-state index contributed by atoms with van der Waals surface area (Å²) in [6.07, 6.45) is 1.73. The number of nitrogens with one attached hydrogen (secondary N) is 2. The summed E-state index contributed by atoms with van der Waals surface area (Å²) in [6.45, 7) is 6.90. The third kappa shape index (κ3) is 5.11. The van der Waals surface area contributed by atoms with Crippen LogP contribution in [0.3, 0.4) is 0 Å². The number of halogens is 1. The Morgan fingerprint density at radius 3 is 2.41 bits per heavy atom. The van der Waals surface area contributed by atoms with Gasteiger partial charge < -0.3 is 15.5 Å². The van der Waals surface area contributed by atoms with Crippen LogP contribution in [0, 0.1) is 0 Å². The third-order valence-corrected chi connectivity index (χ3v) is 4.69. The Bertz CT molecular complexity index is 862. The van der Waals surface area contributed by atoms with Crippen LogP contribution in [0.1, 0.15) is 19.4 Å². The molecule has 0 unspecified atom stereocenters. The molecule has 0 aliphatic heterocycles. The molecule has 140 valence electrons. The molecule has 0 spiro atoms. The van der Waals surface area contributed by atoms with Crippen molar-refractivity contribution in [1.29, 1.82) is 0 Å². The van der Waals surface area contributed by atoms with Crippen LogP contribution in [0.15, 0.2) is 60.8 Å². The molecule has 0 radical (unpaired) electrons. The van der Waals surface area contributed by atoms with Crippen molar-refractivity contribution in [1.82, 2.24) is 9.97 Å². The highest BCUT2D eigenvalue weighted by Gasteiger charge is 2.04. The number of aromatic nitrogens is 2. The van der Waals surface area contributed by atoms with Crippen molar-refractivity contribution < 1.29 is 0 Å². The van der Waals surface area contributed by atoms with Gasteiger partial charge in [-0.2, -0.15) is 4.98 Å². The summed E-state index contributed by atoms with van der Waals surface area (Å²) < 4.78 is 0. The smallest absolute Gasteiger partial charge is 0.229 e. The first kappa shape index (κ1) is 19.0. The number of benzene rings is 2. The summed E-state index contributed by atoms with van der Waals surface area (Å²) in [5, 5.41) is 7.28. The third-order valence-electron chi connectivity index (χ3n) is 4.33. The molecule has 0 bridgehead atoms. The van der Waals surface area contributed by atoms with Gasteiger partial charge in [0.25, 0.3) is 0 Å². The molecule has 6 heteroatoms. The van der Waals surface area contributed by atoms with E-state index in [9.17, 15) is 0 Å². The molecule has 1 heterocycles. The fraction of sp³-hybridized carbons (Fsp3) is 0.238. The molecule has 2 N–H and O–H groups in total. The van der Waals surface area contributed by atoms with Crippen molar-refractivity contribution in [3.05, 3.63) is 71.4 Å². The van der Waals surface area contributed by atoms with E-state index in [1.54, 1.807) is 6.20 Å². The molecule has 0 saturated heterocycles. The Labute approximate surface area is 165 Å². The van der Waals surface area contributed by atoms with Gasteiger partial charge in [-0.1, -0.05) is 29.8 Å². The second-order valence-corrected chi connectivity index (χ2v) is 6.46. The van der Waals surface area contributed by atoms with Gasteiger partial charge in [-0.15, -0.1) is 0 Å². The first-order chi connectivity index (χ1) is 13.2. The lowest BCUT2D eigenvalue weighted by Crippen LogP contribution is -2.21. The quantitative estimate of drug-likeness (QED) is 0.552. The molecule has 0 saturated carbocycles. The zero-order valence-electron chi connectivity index (χ0n) is 15.6. The second kappa shape index (κ2) is 9.24. The average Bonchev–Trinajstić information content (AvgIpc) is 2.70. The standard InChI is InChI=1S/C21H24ClN5/c1-3-27(4-2)18-11-9-17(10-12-18)25-21-23-14-13-20(26-21)24-15-16-7-5-6-8-19(16)22/h5-14H,3-4,15H2,1-2H3,(H2,23,24,25,26). The zero-order chi connectivity index (χ0) is 19.1. The molecule has 3 rings (SSSR count). The lowest BCUT2D eigenvalue weighted by Gasteiger charge is -2.21.